The predicted molar refractivity (Wildman–Crippen MR) is 116 cm³/mol. The summed E-state index contributed by atoms with van der Waals surface area (Å²) in [7, 11) is 0. The maximum absolute atomic E-state index is 12.2. The first-order chi connectivity index (χ1) is 14.1. The molecule has 1 N–H and O–H groups in total. The zero-order valence-corrected chi connectivity index (χ0v) is 16.9. The minimum atomic E-state index is -0.116. The Morgan fingerprint density at radius 3 is 2.83 bits per heavy atom. The van der Waals surface area contributed by atoms with E-state index in [-0.39, 0.29) is 11.7 Å². The summed E-state index contributed by atoms with van der Waals surface area (Å²) in [5.74, 6) is 1.24. The van der Waals surface area contributed by atoms with Gasteiger partial charge in [-0.05, 0) is 36.4 Å². The molecule has 2 aromatic heterocycles. The molecule has 0 fully saturated rings. The highest BCUT2D eigenvalue weighted by molar-refractivity contribution is 7.99. The Morgan fingerprint density at radius 1 is 1.21 bits per heavy atom. The van der Waals surface area contributed by atoms with Crippen LogP contribution in [0, 0.1) is 0 Å². The number of furan rings is 1. The van der Waals surface area contributed by atoms with E-state index in [1.165, 1.54) is 11.8 Å². The number of hydrogen-bond acceptors (Lipinski definition) is 5. The number of halogens is 1. The normalized spacial score (nSPS) is 10.9. The Balaban J connectivity index is 1.54. The van der Waals surface area contributed by atoms with Gasteiger partial charge in [0, 0.05) is 22.6 Å². The second-order valence-corrected chi connectivity index (χ2v) is 7.58. The Labute approximate surface area is 176 Å². The predicted octanol–water partition coefficient (Wildman–Crippen LogP) is 5.26. The molecule has 0 aliphatic carbocycles. The molecule has 146 valence electrons. The molecule has 0 spiro atoms. The van der Waals surface area contributed by atoms with Gasteiger partial charge >= 0.3 is 0 Å². The fourth-order valence-electron chi connectivity index (χ4n) is 2.84. The van der Waals surface area contributed by atoms with Crippen LogP contribution in [0.5, 0.6) is 0 Å². The molecule has 0 atom stereocenters. The Kier molecular flexibility index (Phi) is 5.69. The maximum atomic E-state index is 12.2. The molecule has 2 aromatic carbocycles. The summed E-state index contributed by atoms with van der Waals surface area (Å²) in [6.45, 7) is 4.29. The van der Waals surface area contributed by atoms with E-state index < -0.39 is 0 Å². The molecule has 2 heterocycles. The molecule has 8 heteroatoms. The molecular formula is C21H17ClN4O2S. The third-order valence-corrected chi connectivity index (χ3v) is 5.32. The highest BCUT2D eigenvalue weighted by Crippen LogP contribution is 2.30. The number of nitrogens with zero attached hydrogens (tertiary/aromatic N) is 3. The van der Waals surface area contributed by atoms with Gasteiger partial charge in [0.2, 0.25) is 11.7 Å². The quantitative estimate of drug-likeness (QED) is 0.323. The van der Waals surface area contributed by atoms with Crippen molar-refractivity contribution in [1.29, 1.82) is 0 Å². The Bertz CT molecular complexity index is 1170. The number of para-hydroxylation sites is 1. The lowest BCUT2D eigenvalue weighted by molar-refractivity contribution is -0.113. The van der Waals surface area contributed by atoms with Crippen LogP contribution in [0.15, 0.2) is 76.8 Å². The number of nitrogens with one attached hydrogen (secondary N) is 1. The van der Waals surface area contributed by atoms with Crippen molar-refractivity contribution in [1.82, 2.24) is 14.8 Å². The standard InChI is InChI=1S/C21H17ClN4O2S/c1-2-10-26-20(18-12-14-11-15(22)8-9-17(14)28-18)24-25-21(26)29-13-19(27)23-16-6-4-3-5-7-16/h2-9,11-12H,1,10,13H2,(H,23,27). The number of allylic oxidation sites excluding steroid dienone is 1. The van der Waals surface area contributed by atoms with E-state index in [0.717, 1.165) is 11.1 Å². The van der Waals surface area contributed by atoms with E-state index in [4.69, 9.17) is 16.0 Å². The third-order valence-electron chi connectivity index (χ3n) is 4.12. The van der Waals surface area contributed by atoms with E-state index in [2.05, 4.69) is 22.1 Å². The average molecular weight is 425 g/mol. The Hall–Kier alpha value is -3.03. The molecule has 0 aliphatic rings. The number of rotatable bonds is 7. The highest BCUT2D eigenvalue weighted by atomic mass is 35.5. The maximum Gasteiger partial charge on any atom is 0.234 e. The summed E-state index contributed by atoms with van der Waals surface area (Å²) in [5.41, 5.74) is 1.47. The highest BCUT2D eigenvalue weighted by Gasteiger charge is 2.18. The summed E-state index contributed by atoms with van der Waals surface area (Å²) in [6.07, 6.45) is 1.75. The molecule has 0 saturated carbocycles. The van der Waals surface area contributed by atoms with Gasteiger partial charge in [0.25, 0.3) is 0 Å². The van der Waals surface area contributed by atoms with E-state index >= 15 is 0 Å². The second-order valence-electron chi connectivity index (χ2n) is 6.20. The van der Waals surface area contributed by atoms with Crippen molar-refractivity contribution < 1.29 is 9.21 Å². The molecular weight excluding hydrogens is 408 g/mol. The minimum Gasteiger partial charge on any atom is -0.453 e. The van der Waals surface area contributed by atoms with Crippen LogP contribution < -0.4 is 5.32 Å². The van der Waals surface area contributed by atoms with E-state index in [9.17, 15) is 4.79 Å². The van der Waals surface area contributed by atoms with Crippen LogP contribution in [0.2, 0.25) is 5.02 Å². The summed E-state index contributed by atoms with van der Waals surface area (Å²) in [6, 6.07) is 16.6. The van der Waals surface area contributed by atoms with Crippen LogP contribution in [0.25, 0.3) is 22.6 Å². The van der Waals surface area contributed by atoms with Crippen molar-refractivity contribution in [2.45, 2.75) is 11.7 Å². The van der Waals surface area contributed by atoms with Gasteiger partial charge in [0.1, 0.15) is 5.58 Å². The number of aromatic nitrogens is 3. The van der Waals surface area contributed by atoms with Gasteiger partial charge in [-0.3, -0.25) is 9.36 Å². The van der Waals surface area contributed by atoms with Crippen LogP contribution in [-0.4, -0.2) is 26.4 Å². The average Bonchev–Trinajstić information content (AvgIpc) is 3.31. The van der Waals surface area contributed by atoms with Gasteiger partial charge < -0.3 is 9.73 Å². The van der Waals surface area contributed by atoms with Gasteiger partial charge in [-0.1, -0.05) is 47.6 Å². The molecule has 0 unspecified atom stereocenters. The summed E-state index contributed by atoms with van der Waals surface area (Å²) in [5, 5.41) is 13.5. The Morgan fingerprint density at radius 2 is 2.03 bits per heavy atom. The van der Waals surface area contributed by atoms with Crippen LogP contribution >= 0.6 is 23.4 Å². The first-order valence-electron chi connectivity index (χ1n) is 8.85. The smallest absolute Gasteiger partial charge is 0.234 e. The number of thioether (sulfide) groups is 1. The topological polar surface area (TPSA) is 73.0 Å². The van der Waals surface area contributed by atoms with Gasteiger partial charge in [0.15, 0.2) is 10.9 Å². The lowest BCUT2D eigenvalue weighted by Crippen LogP contribution is -2.14. The molecule has 29 heavy (non-hydrogen) atoms. The van der Waals surface area contributed by atoms with Crippen molar-refractivity contribution in [2.24, 2.45) is 0 Å². The number of fused-ring (bicyclic) bond motifs is 1. The van der Waals surface area contributed by atoms with Gasteiger partial charge in [-0.25, -0.2) is 0 Å². The van der Waals surface area contributed by atoms with Crippen LogP contribution in [-0.2, 0) is 11.3 Å². The van der Waals surface area contributed by atoms with Crippen molar-refractivity contribution in [3.8, 4) is 11.6 Å². The monoisotopic (exact) mass is 424 g/mol. The third kappa shape index (κ3) is 4.36. The van der Waals surface area contributed by atoms with Gasteiger partial charge in [-0.15, -0.1) is 16.8 Å². The van der Waals surface area contributed by atoms with E-state index in [1.54, 1.807) is 12.1 Å². The first kappa shape index (κ1) is 19.3. The minimum absolute atomic E-state index is 0.116. The molecule has 4 rings (SSSR count). The van der Waals surface area contributed by atoms with Gasteiger partial charge in [-0.2, -0.15) is 0 Å². The zero-order valence-electron chi connectivity index (χ0n) is 15.3. The number of benzene rings is 2. The van der Waals surface area contributed by atoms with Crippen molar-refractivity contribution in [3.63, 3.8) is 0 Å². The number of anilines is 1. The molecule has 6 nitrogen and oxygen atoms in total. The SMILES string of the molecule is C=CCn1c(SCC(=O)Nc2ccccc2)nnc1-c1cc2cc(Cl)ccc2o1. The first-order valence-corrected chi connectivity index (χ1v) is 10.2. The number of amides is 1. The molecule has 0 radical (unpaired) electrons. The lowest BCUT2D eigenvalue weighted by atomic mass is 10.2. The summed E-state index contributed by atoms with van der Waals surface area (Å²) >= 11 is 7.36. The fraction of sp³-hybridized carbons (Fsp3) is 0.0952. The fourth-order valence-corrected chi connectivity index (χ4v) is 3.77. The number of carbonyl (C=O) groups is 1. The van der Waals surface area contributed by atoms with Crippen molar-refractivity contribution in [3.05, 3.63) is 72.3 Å². The molecule has 0 bridgehead atoms. The molecule has 0 aliphatic heterocycles. The van der Waals surface area contributed by atoms with Crippen molar-refractivity contribution >= 4 is 45.9 Å². The number of carbonyl (C=O) groups excluding carboxylic acids is 1. The zero-order chi connectivity index (χ0) is 20.2. The summed E-state index contributed by atoms with van der Waals surface area (Å²) < 4.78 is 7.78. The van der Waals surface area contributed by atoms with Gasteiger partial charge in [0.05, 0.1) is 5.75 Å². The van der Waals surface area contributed by atoms with Crippen molar-refractivity contribution in [2.75, 3.05) is 11.1 Å². The van der Waals surface area contributed by atoms with Crippen LogP contribution in [0.1, 0.15) is 0 Å². The molecule has 1 amide bonds. The second kappa shape index (κ2) is 8.55. The van der Waals surface area contributed by atoms with Crippen LogP contribution in [0.3, 0.4) is 0 Å². The molecule has 4 aromatic rings. The van der Waals surface area contributed by atoms with E-state index in [0.29, 0.717) is 33.9 Å². The largest absolute Gasteiger partial charge is 0.453 e. The van der Waals surface area contributed by atoms with E-state index in [1.807, 2.05) is 53.1 Å². The van der Waals surface area contributed by atoms with Crippen LogP contribution in [0.4, 0.5) is 5.69 Å². The number of hydrogen-bond donors (Lipinski definition) is 1. The molecule has 0 saturated heterocycles. The summed E-state index contributed by atoms with van der Waals surface area (Å²) in [4.78, 5) is 12.2. The lowest BCUT2D eigenvalue weighted by Gasteiger charge is -2.07.